The van der Waals surface area contributed by atoms with Crippen molar-refractivity contribution in [2.24, 2.45) is 0 Å². The maximum atomic E-state index is 14.3. The molecule has 0 aliphatic carbocycles. The van der Waals surface area contributed by atoms with Crippen molar-refractivity contribution in [3.8, 4) is 0 Å². The van der Waals surface area contributed by atoms with Crippen molar-refractivity contribution in [3.63, 3.8) is 0 Å². The highest BCUT2D eigenvalue weighted by Crippen LogP contribution is 2.22. The molecule has 150 valence electrons. The second-order valence-corrected chi connectivity index (χ2v) is 7.85. The fourth-order valence-corrected chi connectivity index (χ4v) is 3.93. The minimum atomic E-state index is -0.514. The molecule has 0 saturated carbocycles. The molecule has 1 aromatic heterocycles. The number of nitrogens with one attached hydrogen (secondary N) is 2. The molecular formula is C23H24FN3O2. The van der Waals surface area contributed by atoms with Gasteiger partial charge in [-0.25, -0.2) is 4.39 Å². The van der Waals surface area contributed by atoms with E-state index in [1.165, 1.54) is 6.07 Å². The van der Waals surface area contributed by atoms with Crippen molar-refractivity contribution in [2.45, 2.75) is 33.7 Å². The Hall–Kier alpha value is -2.99. The van der Waals surface area contributed by atoms with Gasteiger partial charge in [-0.3, -0.25) is 14.5 Å². The van der Waals surface area contributed by atoms with Crippen LogP contribution in [-0.2, 0) is 17.8 Å². The summed E-state index contributed by atoms with van der Waals surface area (Å²) in [7, 11) is 0. The van der Waals surface area contributed by atoms with E-state index in [0.29, 0.717) is 30.6 Å². The Bertz CT molecular complexity index is 1180. The summed E-state index contributed by atoms with van der Waals surface area (Å²) in [6, 6.07) is 8.93. The van der Waals surface area contributed by atoms with Gasteiger partial charge in [-0.1, -0.05) is 18.2 Å². The lowest BCUT2D eigenvalue weighted by atomic mass is 10.0. The van der Waals surface area contributed by atoms with Gasteiger partial charge in [-0.15, -0.1) is 0 Å². The Morgan fingerprint density at radius 1 is 1.17 bits per heavy atom. The van der Waals surface area contributed by atoms with Crippen molar-refractivity contribution in [2.75, 3.05) is 18.4 Å². The minimum absolute atomic E-state index is 0.102. The van der Waals surface area contributed by atoms with Crippen LogP contribution in [0.5, 0.6) is 0 Å². The first-order valence-corrected chi connectivity index (χ1v) is 9.76. The fraction of sp³-hybridized carbons (Fsp3) is 0.304. The van der Waals surface area contributed by atoms with Gasteiger partial charge in [0, 0.05) is 36.5 Å². The molecule has 0 atom stereocenters. The maximum absolute atomic E-state index is 14.3. The van der Waals surface area contributed by atoms with Crippen LogP contribution in [0.15, 0.2) is 35.1 Å². The van der Waals surface area contributed by atoms with Crippen molar-refractivity contribution in [1.29, 1.82) is 0 Å². The molecule has 0 spiro atoms. The van der Waals surface area contributed by atoms with Gasteiger partial charge in [0.25, 0.3) is 0 Å². The van der Waals surface area contributed by atoms with E-state index in [1.807, 2.05) is 43.9 Å². The van der Waals surface area contributed by atoms with Gasteiger partial charge in [-0.2, -0.15) is 0 Å². The number of hydrogen-bond acceptors (Lipinski definition) is 3. The van der Waals surface area contributed by atoms with Gasteiger partial charge < -0.3 is 10.3 Å². The molecule has 4 rings (SSSR count). The number of hydrogen-bond donors (Lipinski definition) is 2. The number of aryl methyl sites for hydroxylation is 3. The summed E-state index contributed by atoms with van der Waals surface area (Å²) in [5.74, 6) is -0.638. The van der Waals surface area contributed by atoms with E-state index in [2.05, 4.69) is 10.3 Å². The zero-order chi connectivity index (χ0) is 20.7. The lowest BCUT2D eigenvalue weighted by molar-refractivity contribution is -0.117. The Labute approximate surface area is 168 Å². The largest absolute Gasteiger partial charge is 0.358 e. The van der Waals surface area contributed by atoms with Crippen LogP contribution in [0, 0.1) is 26.6 Å². The fourth-order valence-electron chi connectivity index (χ4n) is 3.93. The number of carbonyl (C=O) groups excluding carboxylic acids is 1. The van der Waals surface area contributed by atoms with Gasteiger partial charge >= 0.3 is 0 Å². The molecule has 2 aromatic carbocycles. The zero-order valence-electron chi connectivity index (χ0n) is 16.9. The summed E-state index contributed by atoms with van der Waals surface area (Å²) in [6.45, 7) is 6.95. The van der Waals surface area contributed by atoms with Crippen LogP contribution in [0.4, 0.5) is 10.1 Å². The Morgan fingerprint density at radius 3 is 2.72 bits per heavy atom. The third-order valence-electron chi connectivity index (χ3n) is 5.60. The summed E-state index contributed by atoms with van der Waals surface area (Å²) in [5, 5.41) is 3.06. The van der Waals surface area contributed by atoms with E-state index >= 15 is 0 Å². The Morgan fingerprint density at radius 2 is 1.93 bits per heavy atom. The lowest BCUT2D eigenvalue weighted by Crippen LogP contribution is -2.39. The first-order chi connectivity index (χ1) is 13.8. The Kier molecular flexibility index (Phi) is 4.96. The average molecular weight is 393 g/mol. The second-order valence-electron chi connectivity index (χ2n) is 7.85. The highest BCUT2D eigenvalue weighted by molar-refractivity contribution is 5.93. The van der Waals surface area contributed by atoms with Crippen molar-refractivity contribution in [1.82, 2.24) is 9.88 Å². The van der Waals surface area contributed by atoms with Crippen molar-refractivity contribution < 1.29 is 9.18 Å². The van der Waals surface area contributed by atoms with Gasteiger partial charge in [0.15, 0.2) is 5.43 Å². The average Bonchev–Trinajstić information content (AvgIpc) is 2.68. The van der Waals surface area contributed by atoms with Crippen LogP contribution in [0.3, 0.4) is 0 Å². The third-order valence-corrected chi connectivity index (χ3v) is 5.60. The van der Waals surface area contributed by atoms with Crippen molar-refractivity contribution >= 4 is 22.5 Å². The van der Waals surface area contributed by atoms with E-state index in [-0.39, 0.29) is 23.3 Å². The smallest absolute Gasteiger partial charge is 0.238 e. The van der Waals surface area contributed by atoms with E-state index < -0.39 is 5.82 Å². The summed E-state index contributed by atoms with van der Waals surface area (Å²) < 4.78 is 14.3. The number of fused-ring (bicyclic) bond motifs is 2. The molecule has 0 radical (unpaired) electrons. The third kappa shape index (κ3) is 3.68. The molecule has 5 nitrogen and oxygen atoms in total. The van der Waals surface area contributed by atoms with Crippen LogP contribution in [0.25, 0.3) is 10.9 Å². The first-order valence-electron chi connectivity index (χ1n) is 9.76. The molecule has 0 unspecified atom stereocenters. The summed E-state index contributed by atoms with van der Waals surface area (Å²) in [5.41, 5.74) is 5.39. The molecule has 2 heterocycles. The minimum Gasteiger partial charge on any atom is -0.358 e. The zero-order valence-corrected chi connectivity index (χ0v) is 16.9. The molecule has 1 aliphatic rings. The van der Waals surface area contributed by atoms with Crippen LogP contribution < -0.4 is 10.7 Å². The number of nitrogens with zero attached hydrogens (tertiary/aromatic N) is 1. The second kappa shape index (κ2) is 7.44. The summed E-state index contributed by atoms with van der Waals surface area (Å²) >= 11 is 0. The van der Waals surface area contributed by atoms with Gasteiger partial charge in [-0.05, 0) is 49.6 Å². The molecule has 29 heavy (non-hydrogen) atoms. The number of aromatic nitrogens is 1. The van der Waals surface area contributed by atoms with E-state index in [4.69, 9.17) is 0 Å². The molecule has 0 saturated heterocycles. The highest BCUT2D eigenvalue weighted by Gasteiger charge is 2.24. The first kappa shape index (κ1) is 19.3. The number of amides is 1. The molecule has 3 aromatic rings. The monoisotopic (exact) mass is 393 g/mol. The molecule has 1 aliphatic heterocycles. The van der Waals surface area contributed by atoms with E-state index in [1.54, 1.807) is 6.07 Å². The predicted molar refractivity (Wildman–Crippen MR) is 113 cm³/mol. The van der Waals surface area contributed by atoms with Gasteiger partial charge in [0.2, 0.25) is 5.91 Å². The number of halogens is 1. The number of H-pyrrole nitrogens is 1. The van der Waals surface area contributed by atoms with Crippen molar-refractivity contribution in [3.05, 3.63) is 74.3 Å². The molecule has 0 fully saturated rings. The topological polar surface area (TPSA) is 65.2 Å². The summed E-state index contributed by atoms with van der Waals surface area (Å²) in [6.07, 6.45) is 0.618. The SMILES string of the molecule is Cc1ccc(C)c(NC(=O)CN2CCc3[nH]c4c(C)ccc(F)c4c(=O)c3C2)c1. The van der Waals surface area contributed by atoms with Crippen LogP contribution in [0.1, 0.15) is 27.9 Å². The molecular weight excluding hydrogens is 369 g/mol. The number of anilines is 1. The molecule has 2 N–H and O–H groups in total. The summed E-state index contributed by atoms with van der Waals surface area (Å²) in [4.78, 5) is 30.7. The van der Waals surface area contributed by atoms with Gasteiger partial charge in [0.1, 0.15) is 5.82 Å². The predicted octanol–water partition coefficient (Wildman–Crippen LogP) is 3.59. The number of carbonyl (C=O) groups is 1. The molecule has 0 bridgehead atoms. The number of aromatic amines is 1. The van der Waals surface area contributed by atoms with Crippen LogP contribution in [-0.4, -0.2) is 28.9 Å². The Balaban J connectivity index is 1.56. The van der Waals surface area contributed by atoms with E-state index in [9.17, 15) is 14.0 Å². The number of benzene rings is 2. The number of rotatable bonds is 3. The maximum Gasteiger partial charge on any atom is 0.238 e. The van der Waals surface area contributed by atoms with Crippen LogP contribution in [0.2, 0.25) is 0 Å². The normalized spacial score (nSPS) is 14.1. The van der Waals surface area contributed by atoms with E-state index in [0.717, 1.165) is 28.1 Å². The quantitative estimate of drug-likeness (QED) is 0.715. The number of pyridine rings is 1. The standard InChI is InChI=1S/C23H24FN3O2/c1-13-4-5-14(2)19(10-13)25-20(28)12-27-9-8-18-16(11-27)23(29)21-17(24)7-6-15(3)22(21)26-18/h4-7,10H,8-9,11-12H2,1-3H3,(H,25,28)(H,26,29). The highest BCUT2D eigenvalue weighted by atomic mass is 19.1. The van der Waals surface area contributed by atoms with Gasteiger partial charge in [0.05, 0.1) is 17.4 Å². The lowest BCUT2D eigenvalue weighted by Gasteiger charge is -2.28. The molecule has 6 heteroatoms. The van der Waals surface area contributed by atoms with Crippen LogP contribution >= 0.6 is 0 Å². The molecule has 1 amide bonds.